The van der Waals surface area contributed by atoms with Gasteiger partial charge in [-0.3, -0.25) is 9.69 Å². The van der Waals surface area contributed by atoms with E-state index in [-0.39, 0.29) is 12.5 Å². The summed E-state index contributed by atoms with van der Waals surface area (Å²) in [6.45, 7) is 3.99. The molecular formula is C9H18N2O3. The van der Waals surface area contributed by atoms with E-state index in [0.717, 1.165) is 13.1 Å². The van der Waals surface area contributed by atoms with Gasteiger partial charge in [-0.05, 0) is 0 Å². The standard InChI is InChI=1S/C9H18N2O3/c1-14-7-5-10-2-3-11(4-6-12)9(13)8-10/h12H,2-8H2,1H3. The topological polar surface area (TPSA) is 53.0 Å². The van der Waals surface area contributed by atoms with Crippen molar-refractivity contribution in [2.24, 2.45) is 0 Å². The molecule has 1 aliphatic heterocycles. The number of piperazine rings is 1. The Morgan fingerprint density at radius 2 is 2.21 bits per heavy atom. The van der Waals surface area contributed by atoms with Crippen molar-refractivity contribution >= 4 is 5.91 Å². The van der Waals surface area contributed by atoms with Gasteiger partial charge in [0.15, 0.2) is 0 Å². The number of nitrogens with zero attached hydrogens (tertiary/aromatic N) is 2. The number of methoxy groups -OCH3 is 1. The van der Waals surface area contributed by atoms with Crippen LogP contribution in [0.4, 0.5) is 0 Å². The number of β-amino-alcohol motifs (C(OH)–C–C–N with tert-alkyl or cyclic N) is 1. The molecule has 0 bridgehead atoms. The zero-order valence-corrected chi connectivity index (χ0v) is 8.61. The summed E-state index contributed by atoms with van der Waals surface area (Å²) >= 11 is 0. The Balaban J connectivity index is 2.27. The highest BCUT2D eigenvalue weighted by Gasteiger charge is 2.22. The monoisotopic (exact) mass is 202 g/mol. The Labute approximate surface area is 84.2 Å². The largest absolute Gasteiger partial charge is 0.395 e. The Morgan fingerprint density at radius 3 is 2.79 bits per heavy atom. The zero-order valence-electron chi connectivity index (χ0n) is 8.61. The van der Waals surface area contributed by atoms with Crippen LogP contribution >= 0.6 is 0 Å². The van der Waals surface area contributed by atoms with Crippen LogP contribution < -0.4 is 0 Å². The number of ether oxygens (including phenoxy) is 1. The summed E-state index contributed by atoms with van der Waals surface area (Å²) in [5, 5.41) is 8.72. The molecule has 5 heteroatoms. The van der Waals surface area contributed by atoms with E-state index in [1.54, 1.807) is 12.0 Å². The highest BCUT2D eigenvalue weighted by Crippen LogP contribution is 2.02. The van der Waals surface area contributed by atoms with Crippen molar-refractivity contribution in [1.29, 1.82) is 0 Å². The van der Waals surface area contributed by atoms with Gasteiger partial charge in [0, 0.05) is 33.3 Å². The zero-order chi connectivity index (χ0) is 10.4. The van der Waals surface area contributed by atoms with Crippen molar-refractivity contribution in [3.05, 3.63) is 0 Å². The van der Waals surface area contributed by atoms with Crippen molar-refractivity contribution in [2.75, 3.05) is 53.0 Å². The molecule has 1 fully saturated rings. The van der Waals surface area contributed by atoms with Crippen LogP contribution in [0.2, 0.25) is 0 Å². The van der Waals surface area contributed by atoms with Crippen LogP contribution in [0.3, 0.4) is 0 Å². The highest BCUT2D eigenvalue weighted by molar-refractivity contribution is 5.79. The van der Waals surface area contributed by atoms with E-state index >= 15 is 0 Å². The van der Waals surface area contributed by atoms with Gasteiger partial charge in [-0.15, -0.1) is 0 Å². The number of carbonyl (C=O) groups is 1. The molecule has 1 amide bonds. The Morgan fingerprint density at radius 1 is 1.43 bits per heavy atom. The molecule has 0 aromatic carbocycles. The van der Waals surface area contributed by atoms with E-state index in [1.165, 1.54) is 0 Å². The first kappa shape index (κ1) is 11.4. The number of carbonyl (C=O) groups excluding carboxylic acids is 1. The van der Waals surface area contributed by atoms with Crippen molar-refractivity contribution in [3.63, 3.8) is 0 Å². The van der Waals surface area contributed by atoms with E-state index in [2.05, 4.69) is 4.90 Å². The van der Waals surface area contributed by atoms with Crippen LogP contribution in [0.15, 0.2) is 0 Å². The van der Waals surface area contributed by atoms with Crippen molar-refractivity contribution in [3.8, 4) is 0 Å². The van der Waals surface area contributed by atoms with Gasteiger partial charge < -0.3 is 14.7 Å². The van der Waals surface area contributed by atoms with Gasteiger partial charge in [-0.2, -0.15) is 0 Å². The average Bonchev–Trinajstić information content (AvgIpc) is 2.19. The van der Waals surface area contributed by atoms with E-state index in [0.29, 0.717) is 26.2 Å². The molecule has 0 saturated carbocycles. The molecule has 82 valence electrons. The maximum Gasteiger partial charge on any atom is 0.236 e. The molecule has 1 aliphatic rings. The molecular weight excluding hydrogens is 184 g/mol. The molecule has 0 aromatic heterocycles. The Hall–Kier alpha value is -0.650. The van der Waals surface area contributed by atoms with Crippen LogP contribution in [0.25, 0.3) is 0 Å². The molecule has 1 rings (SSSR count). The maximum atomic E-state index is 11.5. The summed E-state index contributed by atoms with van der Waals surface area (Å²) in [5.74, 6) is 0.0985. The molecule has 5 nitrogen and oxygen atoms in total. The predicted octanol–water partition coefficient (Wildman–Crippen LogP) is -1.23. The second-order valence-corrected chi connectivity index (χ2v) is 3.37. The normalized spacial score (nSPS) is 19.0. The number of hydrogen-bond acceptors (Lipinski definition) is 4. The van der Waals surface area contributed by atoms with Crippen molar-refractivity contribution in [1.82, 2.24) is 9.80 Å². The third-order valence-electron chi connectivity index (χ3n) is 2.38. The molecule has 1 N–H and O–H groups in total. The van der Waals surface area contributed by atoms with Gasteiger partial charge in [0.2, 0.25) is 5.91 Å². The second kappa shape index (κ2) is 5.95. The van der Waals surface area contributed by atoms with Crippen LogP contribution in [-0.4, -0.2) is 73.9 Å². The first-order chi connectivity index (χ1) is 6.77. The third-order valence-corrected chi connectivity index (χ3v) is 2.38. The average molecular weight is 202 g/mol. The quantitative estimate of drug-likeness (QED) is 0.606. The molecule has 0 spiro atoms. The predicted molar refractivity (Wildman–Crippen MR) is 52.0 cm³/mol. The number of aliphatic hydroxyl groups excluding tert-OH is 1. The fourth-order valence-electron chi connectivity index (χ4n) is 1.53. The molecule has 14 heavy (non-hydrogen) atoms. The molecule has 0 radical (unpaired) electrons. The summed E-state index contributed by atoms with van der Waals surface area (Å²) in [4.78, 5) is 15.3. The number of aliphatic hydroxyl groups is 1. The van der Waals surface area contributed by atoms with E-state index in [4.69, 9.17) is 9.84 Å². The first-order valence-corrected chi connectivity index (χ1v) is 4.88. The Bertz CT molecular complexity index is 187. The van der Waals surface area contributed by atoms with Gasteiger partial charge in [-0.1, -0.05) is 0 Å². The minimum absolute atomic E-state index is 0.0454. The molecule has 0 unspecified atom stereocenters. The fraction of sp³-hybridized carbons (Fsp3) is 0.889. The summed E-state index contributed by atoms with van der Waals surface area (Å²) in [5.41, 5.74) is 0. The van der Waals surface area contributed by atoms with Crippen molar-refractivity contribution < 1.29 is 14.6 Å². The number of rotatable bonds is 5. The van der Waals surface area contributed by atoms with Gasteiger partial charge in [0.25, 0.3) is 0 Å². The highest BCUT2D eigenvalue weighted by atomic mass is 16.5. The molecule has 0 atom stereocenters. The summed E-state index contributed by atoms with van der Waals surface area (Å²) in [6, 6.07) is 0. The summed E-state index contributed by atoms with van der Waals surface area (Å²) in [6.07, 6.45) is 0. The number of amides is 1. The van der Waals surface area contributed by atoms with Gasteiger partial charge in [0.1, 0.15) is 0 Å². The van der Waals surface area contributed by atoms with Crippen molar-refractivity contribution in [2.45, 2.75) is 0 Å². The third kappa shape index (κ3) is 3.25. The maximum absolute atomic E-state index is 11.5. The van der Waals surface area contributed by atoms with Crippen LogP contribution in [0.5, 0.6) is 0 Å². The van der Waals surface area contributed by atoms with E-state index in [9.17, 15) is 4.79 Å². The second-order valence-electron chi connectivity index (χ2n) is 3.37. The first-order valence-electron chi connectivity index (χ1n) is 4.88. The van der Waals surface area contributed by atoms with Crippen LogP contribution in [0, 0.1) is 0 Å². The van der Waals surface area contributed by atoms with Gasteiger partial charge >= 0.3 is 0 Å². The molecule has 0 aromatic rings. The lowest BCUT2D eigenvalue weighted by Crippen LogP contribution is -2.51. The minimum atomic E-state index is 0.0454. The SMILES string of the molecule is COCCN1CCN(CCO)C(=O)C1. The Kier molecular flexibility index (Phi) is 4.86. The van der Waals surface area contributed by atoms with Crippen LogP contribution in [0.1, 0.15) is 0 Å². The summed E-state index contributed by atoms with van der Waals surface area (Å²) < 4.78 is 4.95. The lowest BCUT2D eigenvalue weighted by molar-refractivity contribution is -0.136. The summed E-state index contributed by atoms with van der Waals surface area (Å²) in [7, 11) is 1.66. The lowest BCUT2D eigenvalue weighted by atomic mass is 10.3. The minimum Gasteiger partial charge on any atom is -0.395 e. The molecule has 1 saturated heterocycles. The fourth-order valence-corrected chi connectivity index (χ4v) is 1.53. The molecule has 1 heterocycles. The van der Waals surface area contributed by atoms with Gasteiger partial charge in [0.05, 0.1) is 19.8 Å². The van der Waals surface area contributed by atoms with E-state index < -0.39 is 0 Å². The molecule has 0 aliphatic carbocycles. The number of hydrogen-bond donors (Lipinski definition) is 1. The van der Waals surface area contributed by atoms with E-state index in [1.807, 2.05) is 0 Å². The smallest absolute Gasteiger partial charge is 0.236 e. The lowest BCUT2D eigenvalue weighted by Gasteiger charge is -2.33. The van der Waals surface area contributed by atoms with Crippen LogP contribution in [-0.2, 0) is 9.53 Å². The van der Waals surface area contributed by atoms with Gasteiger partial charge in [-0.25, -0.2) is 0 Å².